The second-order valence-electron chi connectivity index (χ2n) is 4.57. The van der Waals surface area contributed by atoms with Crippen LogP contribution in [-0.4, -0.2) is 6.54 Å². The minimum absolute atomic E-state index is 0.0556. The first-order valence-electron chi connectivity index (χ1n) is 5.52. The fraction of sp³-hybridized carbons (Fsp3) is 0.462. The molecule has 0 aliphatic heterocycles. The first-order valence-corrected chi connectivity index (χ1v) is 6.31. The Morgan fingerprint density at radius 1 is 1.50 bits per heavy atom. The summed E-state index contributed by atoms with van der Waals surface area (Å²) in [4.78, 5) is 0. The van der Waals surface area contributed by atoms with E-state index in [0.29, 0.717) is 0 Å². The van der Waals surface area contributed by atoms with Crippen LogP contribution in [0.25, 0.3) is 0 Å². The predicted molar refractivity (Wildman–Crippen MR) is 67.9 cm³/mol. The highest BCUT2D eigenvalue weighted by Gasteiger charge is 2.42. The SMILES string of the molecule is Cc1ccc(Br)cc1CNCC1(C#N)CC1. The summed E-state index contributed by atoms with van der Waals surface area (Å²) in [5, 5.41) is 12.3. The van der Waals surface area contributed by atoms with Crippen LogP contribution in [0, 0.1) is 23.7 Å². The van der Waals surface area contributed by atoms with E-state index < -0.39 is 0 Å². The van der Waals surface area contributed by atoms with Crippen molar-refractivity contribution >= 4 is 15.9 Å². The van der Waals surface area contributed by atoms with Crippen LogP contribution in [0.2, 0.25) is 0 Å². The summed E-state index contributed by atoms with van der Waals surface area (Å²) in [6, 6.07) is 8.69. The first-order chi connectivity index (χ1) is 7.65. The molecule has 0 atom stereocenters. The van der Waals surface area contributed by atoms with Crippen LogP contribution in [0.5, 0.6) is 0 Å². The number of nitrogens with zero attached hydrogens (tertiary/aromatic N) is 1. The number of halogens is 1. The highest BCUT2D eigenvalue weighted by Crippen LogP contribution is 2.44. The summed E-state index contributed by atoms with van der Waals surface area (Å²) in [7, 11) is 0. The van der Waals surface area contributed by atoms with Gasteiger partial charge in [0.05, 0.1) is 11.5 Å². The molecule has 84 valence electrons. The van der Waals surface area contributed by atoms with Crippen LogP contribution in [0.3, 0.4) is 0 Å². The van der Waals surface area contributed by atoms with Gasteiger partial charge in [-0.05, 0) is 43.0 Å². The Balaban J connectivity index is 1.90. The van der Waals surface area contributed by atoms with E-state index in [0.717, 1.165) is 30.4 Å². The van der Waals surface area contributed by atoms with E-state index in [9.17, 15) is 0 Å². The molecule has 0 radical (unpaired) electrons. The van der Waals surface area contributed by atoms with Crippen molar-refractivity contribution in [3.05, 3.63) is 33.8 Å². The van der Waals surface area contributed by atoms with Crippen molar-refractivity contribution < 1.29 is 0 Å². The summed E-state index contributed by atoms with van der Waals surface area (Å²) in [5.41, 5.74) is 2.53. The standard InChI is InChI=1S/C13H15BrN2/c1-10-2-3-12(14)6-11(10)7-16-9-13(8-15)4-5-13/h2-3,6,16H,4-5,7,9H2,1H3. The van der Waals surface area contributed by atoms with Gasteiger partial charge in [0.2, 0.25) is 0 Å². The Morgan fingerprint density at radius 3 is 2.88 bits per heavy atom. The molecule has 1 aliphatic rings. The Bertz CT molecular complexity index is 430. The smallest absolute Gasteiger partial charge is 0.0703 e. The third kappa shape index (κ3) is 2.63. The van der Waals surface area contributed by atoms with Crippen LogP contribution in [0.15, 0.2) is 22.7 Å². The van der Waals surface area contributed by atoms with Crippen LogP contribution >= 0.6 is 15.9 Å². The Labute approximate surface area is 105 Å². The van der Waals surface area contributed by atoms with E-state index in [-0.39, 0.29) is 5.41 Å². The topological polar surface area (TPSA) is 35.8 Å². The maximum atomic E-state index is 8.95. The Morgan fingerprint density at radius 2 is 2.25 bits per heavy atom. The lowest BCUT2D eigenvalue weighted by Crippen LogP contribution is -2.22. The molecule has 0 bridgehead atoms. The zero-order valence-corrected chi connectivity index (χ0v) is 11.0. The maximum Gasteiger partial charge on any atom is 0.0703 e. The summed E-state index contributed by atoms with van der Waals surface area (Å²) in [6.07, 6.45) is 2.10. The minimum atomic E-state index is -0.0556. The molecule has 1 aromatic rings. The number of nitriles is 1. The van der Waals surface area contributed by atoms with E-state index >= 15 is 0 Å². The van der Waals surface area contributed by atoms with Crippen molar-refractivity contribution in [3.8, 4) is 6.07 Å². The summed E-state index contributed by atoms with van der Waals surface area (Å²) >= 11 is 3.47. The molecule has 0 unspecified atom stereocenters. The molecule has 1 aromatic carbocycles. The first kappa shape index (κ1) is 11.6. The fourth-order valence-electron chi connectivity index (χ4n) is 1.75. The second-order valence-corrected chi connectivity index (χ2v) is 5.48. The summed E-state index contributed by atoms with van der Waals surface area (Å²) in [6.45, 7) is 3.77. The van der Waals surface area contributed by atoms with Gasteiger partial charge in [0.15, 0.2) is 0 Å². The lowest BCUT2D eigenvalue weighted by Gasteiger charge is -2.10. The third-order valence-corrected chi connectivity index (χ3v) is 3.67. The molecule has 0 heterocycles. The highest BCUT2D eigenvalue weighted by atomic mass is 79.9. The van der Waals surface area contributed by atoms with Gasteiger partial charge in [-0.2, -0.15) is 5.26 Å². The van der Waals surface area contributed by atoms with Gasteiger partial charge in [0, 0.05) is 17.6 Å². The van der Waals surface area contributed by atoms with E-state index in [2.05, 4.69) is 52.4 Å². The van der Waals surface area contributed by atoms with Gasteiger partial charge in [-0.15, -0.1) is 0 Å². The fourth-order valence-corrected chi connectivity index (χ4v) is 2.15. The quantitative estimate of drug-likeness (QED) is 0.919. The van der Waals surface area contributed by atoms with E-state index in [1.165, 1.54) is 11.1 Å². The van der Waals surface area contributed by atoms with Crippen molar-refractivity contribution in [1.29, 1.82) is 5.26 Å². The average molecular weight is 279 g/mol. The molecule has 3 heteroatoms. The van der Waals surface area contributed by atoms with Gasteiger partial charge in [0.1, 0.15) is 0 Å². The molecule has 2 rings (SSSR count). The highest BCUT2D eigenvalue weighted by molar-refractivity contribution is 9.10. The summed E-state index contributed by atoms with van der Waals surface area (Å²) < 4.78 is 1.11. The monoisotopic (exact) mass is 278 g/mol. The van der Waals surface area contributed by atoms with E-state index in [4.69, 9.17) is 5.26 Å². The Hall–Kier alpha value is -0.850. The molecule has 1 fully saturated rings. The molecule has 0 aromatic heterocycles. The van der Waals surface area contributed by atoms with Gasteiger partial charge < -0.3 is 5.32 Å². The van der Waals surface area contributed by atoms with Gasteiger partial charge in [-0.3, -0.25) is 0 Å². The van der Waals surface area contributed by atoms with Crippen molar-refractivity contribution in [1.82, 2.24) is 5.32 Å². The molecular formula is C13H15BrN2. The minimum Gasteiger partial charge on any atom is -0.311 e. The molecule has 0 amide bonds. The lowest BCUT2D eigenvalue weighted by molar-refractivity contribution is 0.557. The van der Waals surface area contributed by atoms with Crippen LogP contribution in [0.4, 0.5) is 0 Å². The Kier molecular flexibility index (Phi) is 3.32. The average Bonchev–Trinajstić information content (AvgIpc) is 3.04. The van der Waals surface area contributed by atoms with Gasteiger partial charge >= 0.3 is 0 Å². The van der Waals surface area contributed by atoms with E-state index in [1.807, 2.05) is 0 Å². The normalized spacial score (nSPS) is 16.8. The number of rotatable bonds is 4. The van der Waals surface area contributed by atoms with Crippen molar-refractivity contribution in [2.24, 2.45) is 5.41 Å². The number of benzene rings is 1. The van der Waals surface area contributed by atoms with Crippen LogP contribution < -0.4 is 5.32 Å². The lowest BCUT2D eigenvalue weighted by atomic mass is 10.1. The van der Waals surface area contributed by atoms with Gasteiger partial charge in [0.25, 0.3) is 0 Å². The molecule has 0 spiro atoms. The number of hydrogen-bond acceptors (Lipinski definition) is 2. The number of nitrogens with one attached hydrogen (secondary N) is 1. The largest absolute Gasteiger partial charge is 0.311 e. The zero-order valence-electron chi connectivity index (χ0n) is 9.39. The molecule has 1 saturated carbocycles. The number of hydrogen-bond donors (Lipinski definition) is 1. The van der Waals surface area contributed by atoms with Crippen molar-refractivity contribution in [2.75, 3.05) is 6.54 Å². The predicted octanol–water partition coefficient (Wildman–Crippen LogP) is 3.15. The molecular weight excluding hydrogens is 264 g/mol. The van der Waals surface area contributed by atoms with Crippen molar-refractivity contribution in [3.63, 3.8) is 0 Å². The molecule has 0 saturated heterocycles. The molecule has 1 N–H and O–H groups in total. The number of aryl methyl sites for hydroxylation is 1. The second kappa shape index (κ2) is 4.57. The van der Waals surface area contributed by atoms with Crippen LogP contribution in [-0.2, 0) is 6.54 Å². The molecule has 16 heavy (non-hydrogen) atoms. The maximum absolute atomic E-state index is 8.95. The van der Waals surface area contributed by atoms with Crippen molar-refractivity contribution in [2.45, 2.75) is 26.3 Å². The summed E-state index contributed by atoms with van der Waals surface area (Å²) in [5.74, 6) is 0. The van der Waals surface area contributed by atoms with E-state index in [1.54, 1.807) is 0 Å². The third-order valence-electron chi connectivity index (χ3n) is 3.18. The van der Waals surface area contributed by atoms with Gasteiger partial charge in [-0.25, -0.2) is 0 Å². The van der Waals surface area contributed by atoms with Gasteiger partial charge in [-0.1, -0.05) is 22.0 Å². The molecule has 1 aliphatic carbocycles. The van der Waals surface area contributed by atoms with Crippen LogP contribution in [0.1, 0.15) is 24.0 Å². The molecule has 2 nitrogen and oxygen atoms in total. The zero-order chi connectivity index (χ0) is 11.6.